The highest BCUT2D eigenvalue weighted by Gasteiger charge is 2.56. The van der Waals surface area contributed by atoms with E-state index in [-0.39, 0.29) is 47.3 Å². The first kappa shape index (κ1) is 28.2. The number of carbonyl (C=O) groups is 2. The van der Waals surface area contributed by atoms with Crippen molar-refractivity contribution in [2.75, 3.05) is 39.4 Å². The van der Waals surface area contributed by atoms with Crippen LogP contribution in [0.4, 0.5) is 0 Å². The summed E-state index contributed by atoms with van der Waals surface area (Å²) in [7, 11) is -4.19. The molecule has 1 aliphatic carbocycles. The molecule has 13 heteroatoms. The number of rotatable bonds is 6. The lowest BCUT2D eigenvalue weighted by Crippen LogP contribution is -2.76. The van der Waals surface area contributed by atoms with Crippen molar-refractivity contribution in [1.29, 1.82) is 0 Å². The maximum Gasteiger partial charge on any atom is 0.246 e. The summed E-state index contributed by atoms with van der Waals surface area (Å²) in [5.41, 5.74) is 0.790. The smallest absolute Gasteiger partial charge is 0.246 e. The first-order chi connectivity index (χ1) is 19.1. The van der Waals surface area contributed by atoms with Gasteiger partial charge < -0.3 is 14.5 Å². The SMILES string of the molecule is O=C1C(Cc2cccc(Cl)c2)N2C(=O)C(N3CCOCC3)CN(S(=O)(=O)c3ccc(Cl)cc3Cl)C2CN1C1CC1. The number of hydrogen-bond acceptors (Lipinski definition) is 6. The van der Waals surface area contributed by atoms with E-state index >= 15 is 0 Å². The number of sulfonamides is 1. The lowest BCUT2D eigenvalue weighted by Gasteiger charge is -2.55. The van der Waals surface area contributed by atoms with Gasteiger partial charge >= 0.3 is 0 Å². The van der Waals surface area contributed by atoms with Gasteiger partial charge in [-0.25, -0.2) is 8.42 Å². The molecule has 1 saturated carbocycles. The lowest BCUT2D eigenvalue weighted by atomic mass is 9.96. The van der Waals surface area contributed by atoms with Gasteiger partial charge in [-0.2, -0.15) is 4.31 Å². The summed E-state index contributed by atoms with van der Waals surface area (Å²) in [5.74, 6) is -0.423. The van der Waals surface area contributed by atoms with E-state index in [4.69, 9.17) is 39.5 Å². The highest BCUT2D eigenvalue weighted by atomic mass is 35.5. The summed E-state index contributed by atoms with van der Waals surface area (Å²) in [6.07, 6.45) is 1.03. The van der Waals surface area contributed by atoms with Gasteiger partial charge in [0.2, 0.25) is 21.8 Å². The number of fused-ring (bicyclic) bond motifs is 1. The average Bonchev–Trinajstić information content (AvgIpc) is 3.76. The Kier molecular flexibility index (Phi) is 7.80. The second-order valence-electron chi connectivity index (χ2n) is 10.6. The van der Waals surface area contributed by atoms with E-state index in [0.717, 1.165) is 18.4 Å². The average molecular weight is 628 g/mol. The van der Waals surface area contributed by atoms with Crippen molar-refractivity contribution < 1.29 is 22.7 Å². The van der Waals surface area contributed by atoms with E-state index in [2.05, 4.69) is 0 Å². The first-order valence-electron chi connectivity index (χ1n) is 13.3. The van der Waals surface area contributed by atoms with E-state index in [1.165, 1.54) is 27.4 Å². The summed E-state index contributed by atoms with van der Waals surface area (Å²) >= 11 is 18.7. The van der Waals surface area contributed by atoms with Crippen LogP contribution >= 0.6 is 34.8 Å². The Labute approximate surface area is 248 Å². The van der Waals surface area contributed by atoms with Crippen LogP contribution in [-0.4, -0.2) is 103 Å². The molecule has 40 heavy (non-hydrogen) atoms. The van der Waals surface area contributed by atoms with Gasteiger partial charge in [-0.1, -0.05) is 46.9 Å². The molecule has 4 fully saturated rings. The van der Waals surface area contributed by atoms with Gasteiger partial charge in [0.25, 0.3) is 0 Å². The van der Waals surface area contributed by atoms with Gasteiger partial charge in [0.05, 0.1) is 24.8 Å². The number of halogens is 3. The Hall–Kier alpha value is -1.92. The topological polar surface area (TPSA) is 90.5 Å². The minimum absolute atomic E-state index is 0.000264. The minimum Gasteiger partial charge on any atom is -0.379 e. The third-order valence-corrected chi connectivity index (χ3v) is 10.9. The van der Waals surface area contributed by atoms with E-state index in [0.29, 0.717) is 36.3 Å². The van der Waals surface area contributed by atoms with Crippen molar-refractivity contribution in [3.8, 4) is 0 Å². The molecule has 4 aliphatic rings. The maximum atomic E-state index is 14.3. The van der Waals surface area contributed by atoms with E-state index in [9.17, 15) is 18.0 Å². The fourth-order valence-electron chi connectivity index (χ4n) is 5.96. The summed E-state index contributed by atoms with van der Waals surface area (Å²) in [6, 6.07) is 9.83. The molecular weight excluding hydrogens is 599 g/mol. The fourth-order valence-corrected chi connectivity index (χ4v) is 8.50. The Morgan fingerprint density at radius 1 is 0.900 bits per heavy atom. The normalized spacial score (nSPS) is 26.7. The molecular formula is C27H29Cl3N4O5S. The molecule has 2 aromatic carbocycles. The van der Waals surface area contributed by atoms with E-state index in [1.54, 1.807) is 23.1 Å². The molecule has 2 amide bonds. The number of amides is 2. The zero-order valence-corrected chi connectivity index (χ0v) is 24.7. The molecule has 214 valence electrons. The molecule has 2 aromatic rings. The predicted molar refractivity (Wildman–Crippen MR) is 151 cm³/mol. The molecule has 3 heterocycles. The van der Waals surface area contributed by atoms with Crippen LogP contribution < -0.4 is 0 Å². The summed E-state index contributed by atoms with van der Waals surface area (Å²) in [4.78, 5) is 33.3. The van der Waals surface area contributed by atoms with Gasteiger partial charge in [-0.15, -0.1) is 0 Å². The summed E-state index contributed by atoms with van der Waals surface area (Å²) < 4.78 is 35.4. The van der Waals surface area contributed by atoms with Crippen LogP contribution in [0.3, 0.4) is 0 Å². The third kappa shape index (κ3) is 5.24. The predicted octanol–water partition coefficient (Wildman–Crippen LogP) is 3.12. The Morgan fingerprint density at radius 2 is 1.62 bits per heavy atom. The fraction of sp³-hybridized carbons (Fsp3) is 0.481. The van der Waals surface area contributed by atoms with Gasteiger partial charge in [0.15, 0.2) is 0 Å². The molecule has 0 bridgehead atoms. The van der Waals surface area contributed by atoms with Crippen LogP contribution in [0.15, 0.2) is 47.4 Å². The molecule has 9 nitrogen and oxygen atoms in total. The van der Waals surface area contributed by atoms with Gasteiger partial charge in [-0.05, 0) is 48.7 Å². The molecule has 3 unspecified atom stereocenters. The molecule has 0 spiro atoms. The second-order valence-corrected chi connectivity index (χ2v) is 13.8. The van der Waals surface area contributed by atoms with Gasteiger partial charge in [-0.3, -0.25) is 14.5 Å². The molecule has 3 aliphatic heterocycles. The zero-order chi connectivity index (χ0) is 28.2. The van der Waals surface area contributed by atoms with Crippen molar-refractivity contribution in [1.82, 2.24) is 19.0 Å². The highest BCUT2D eigenvalue weighted by Crippen LogP contribution is 2.38. The van der Waals surface area contributed by atoms with Gasteiger partial charge in [0.1, 0.15) is 23.1 Å². The van der Waals surface area contributed by atoms with Crippen molar-refractivity contribution in [2.45, 2.75) is 48.4 Å². The number of hydrogen-bond donors (Lipinski definition) is 0. The van der Waals surface area contributed by atoms with Crippen molar-refractivity contribution >= 4 is 56.6 Å². The van der Waals surface area contributed by atoms with Crippen LogP contribution in [0, 0.1) is 0 Å². The van der Waals surface area contributed by atoms with Crippen molar-refractivity contribution in [2.24, 2.45) is 0 Å². The largest absolute Gasteiger partial charge is 0.379 e. The lowest BCUT2D eigenvalue weighted by molar-refractivity contribution is -0.172. The van der Waals surface area contributed by atoms with Crippen LogP contribution in [0.25, 0.3) is 0 Å². The Balaban J connectivity index is 1.45. The minimum atomic E-state index is -4.19. The number of piperazine rings is 1. The zero-order valence-electron chi connectivity index (χ0n) is 21.6. The van der Waals surface area contributed by atoms with Crippen LogP contribution in [-0.2, 0) is 30.8 Å². The van der Waals surface area contributed by atoms with E-state index < -0.39 is 28.3 Å². The van der Waals surface area contributed by atoms with Crippen LogP contribution in [0.1, 0.15) is 18.4 Å². The third-order valence-electron chi connectivity index (χ3n) is 8.08. The van der Waals surface area contributed by atoms with Crippen LogP contribution in [0.2, 0.25) is 15.1 Å². The molecule has 6 rings (SSSR count). The summed E-state index contributed by atoms with van der Waals surface area (Å²) in [5, 5.41) is 0.838. The van der Waals surface area contributed by atoms with Crippen LogP contribution in [0.5, 0.6) is 0 Å². The Bertz CT molecular complexity index is 1430. The molecule has 0 radical (unpaired) electrons. The molecule has 0 aromatic heterocycles. The standard InChI is InChI=1S/C27H29Cl3N4O5S/c28-18-3-1-2-17(12-18)13-22-26(35)32(20-5-6-20)16-25-33(40(37,38)24-7-4-19(29)14-21(24)30)15-23(27(36)34(22)25)31-8-10-39-11-9-31/h1-4,7,12,14,20,22-23,25H,5-6,8-11,13,15-16H2. The molecule has 0 N–H and O–H groups in total. The number of carbonyl (C=O) groups excluding carboxylic acids is 2. The highest BCUT2D eigenvalue weighted by molar-refractivity contribution is 7.89. The number of ether oxygens (including phenoxy) is 1. The van der Waals surface area contributed by atoms with Crippen molar-refractivity contribution in [3.05, 3.63) is 63.1 Å². The molecule has 3 atom stereocenters. The van der Waals surface area contributed by atoms with Gasteiger partial charge in [0, 0.05) is 42.1 Å². The van der Waals surface area contributed by atoms with E-state index in [1.807, 2.05) is 11.0 Å². The first-order valence-corrected chi connectivity index (χ1v) is 15.9. The monoisotopic (exact) mass is 626 g/mol. The second kappa shape index (κ2) is 11.1. The summed E-state index contributed by atoms with van der Waals surface area (Å²) in [6.45, 7) is 1.86. The number of nitrogens with zero attached hydrogens (tertiary/aromatic N) is 4. The Morgan fingerprint density at radius 3 is 2.30 bits per heavy atom. The maximum absolute atomic E-state index is 14.3. The van der Waals surface area contributed by atoms with Crippen molar-refractivity contribution in [3.63, 3.8) is 0 Å². The number of morpholine rings is 1. The molecule has 3 saturated heterocycles. The number of benzene rings is 2. The quantitative estimate of drug-likeness (QED) is 0.489.